The Kier molecular flexibility index (Phi) is 4.42. The number of aromatic nitrogens is 3. The number of para-hydroxylation sites is 1. The summed E-state index contributed by atoms with van der Waals surface area (Å²) in [6, 6.07) is 13.9. The van der Waals surface area contributed by atoms with Gasteiger partial charge in [0.2, 0.25) is 5.28 Å². The standard InChI is InChI=1S/C19H13Cl2N3O2S/c1-12-6-8-13(9-7-12)27(25,26)24-11-15(14-4-2-3-5-17(14)24)18-16(20)10-22-19(21)23-18/h2-11H,1H3. The number of hydrogen-bond acceptors (Lipinski definition) is 4. The SMILES string of the molecule is Cc1ccc(S(=O)(=O)n2cc(-c3nc(Cl)ncc3Cl)c3ccccc32)cc1. The molecule has 0 aliphatic rings. The highest BCUT2D eigenvalue weighted by Gasteiger charge is 2.23. The lowest BCUT2D eigenvalue weighted by molar-refractivity contribution is 0.589. The van der Waals surface area contributed by atoms with Crippen LogP contribution in [0.15, 0.2) is 65.8 Å². The molecule has 0 saturated heterocycles. The van der Waals surface area contributed by atoms with Crippen molar-refractivity contribution >= 4 is 44.1 Å². The van der Waals surface area contributed by atoms with Crippen molar-refractivity contribution in [1.29, 1.82) is 0 Å². The van der Waals surface area contributed by atoms with Crippen LogP contribution in [-0.2, 0) is 10.0 Å². The fraction of sp³-hybridized carbons (Fsp3) is 0.0526. The average molecular weight is 418 g/mol. The van der Waals surface area contributed by atoms with E-state index in [-0.39, 0.29) is 15.2 Å². The third-order valence-electron chi connectivity index (χ3n) is 4.23. The highest BCUT2D eigenvalue weighted by Crippen LogP contribution is 2.35. The molecule has 0 unspecified atom stereocenters. The second-order valence-corrected chi connectivity index (χ2v) is 8.57. The molecule has 4 aromatic rings. The van der Waals surface area contributed by atoms with E-state index in [2.05, 4.69) is 9.97 Å². The minimum Gasteiger partial charge on any atom is -0.240 e. The van der Waals surface area contributed by atoms with Gasteiger partial charge in [0.15, 0.2) is 0 Å². The third kappa shape index (κ3) is 3.10. The molecule has 0 N–H and O–H groups in total. The number of fused-ring (bicyclic) bond motifs is 1. The Morgan fingerprint density at radius 3 is 2.44 bits per heavy atom. The number of halogens is 2. The maximum atomic E-state index is 13.2. The van der Waals surface area contributed by atoms with Gasteiger partial charge in [-0.15, -0.1) is 0 Å². The van der Waals surface area contributed by atoms with Crippen molar-refractivity contribution in [2.24, 2.45) is 0 Å². The molecule has 0 spiro atoms. The molecule has 0 saturated carbocycles. The van der Waals surface area contributed by atoms with Crippen LogP contribution in [0.3, 0.4) is 0 Å². The topological polar surface area (TPSA) is 64.8 Å². The van der Waals surface area contributed by atoms with E-state index in [4.69, 9.17) is 23.2 Å². The zero-order chi connectivity index (χ0) is 19.2. The molecule has 0 amide bonds. The van der Waals surface area contributed by atoms with E-state index < -0.39 is 10.0 Å². The van der Waals surface area contributed by atoms with Crippen molar-refractivity contribution in [1.82, 2.24) is 13.9 Å². The first kappa shape index (κ1) is 18.0. The number of aryl methyl sites for hydroxylation is 1. The predicted octanol–water partition coefficient (Wildman–Crippen LogP) is 4.95. The minimum absolute atomic E-state index is 0.0348. The summed E-state index contributed by atoms with van der Waals surface area (Å²) in [5.41, 5.74) is 2.45. The minimum atomic E-state index is -3.80. The first-order valence-electron chi connectivity index (χ1n) is 7.98. The van der Waals surface area contributed by atoms with Crippen molar-refractivity contribution in [2.45, 2.75) is 11.8 Å². The summed E-state index contributed by atoms with van der Waals surface area (Å²) in [7, 11) is -3.80. The van der Waals surface area contributed by atoms with Crippen molar-refractivity contribution in [2.75, 3.05) is 0 Å². The third-order valence-corrected chi connectivity index (χ3v) is 6.37. The predicted molar refractivity (Wildman–Crippen MR) is 107 cm³/mol. The van der Waals surface area contributed by atoms with Gasteiger partial charge < -0.3 is 0 Å². The van der Waals surface area contributed by atoms with Crippen LogP contribution in [0.2, 0.25) is 10.3 Å². The van der Waals surface area contributed by atoms with Gasteiger partial charge in [0.25, 0.3) is 10.0 Å². The molecule has 2 aromatic carbocycles. The first-order valence-corrected chi connectivity index (χ1v) is 10.2. The second-order valence-electron chi connectivity index (χ2n) is 6.01. The fourth-order valence-corrected chi connectivity index (χ4v) is 4.59. The lowest BCUT2D eigenvalue weighted by Gasteiger charge is -2.07. The molecule has 2 aromatic heterocycles. The smallest absolute Gasteiger partial charge is 0.240 e. The molecule has 2 heterocycles. The van der Waals surface area contributed by atoms with Gasteiger partial charge in [-0.1, -0.05) is 47.5 Å². The van der Waals surface area contributed by atoms with Gasteiger partial charge in [-0.2, -0.15) is 0 Å². The zero-order valence-corrected chi connectivity index (χ0v) is 16.4. The van der Waals surface area contributed by atoms with Crippen LogP contribution >= 0.6 is 23.2 Å². The number of rotatable bonds is 3. The van der Waals surface area contributed by atoms with Gasteiger partial charge in [0.05, 0.1) is 27.3 Å². The van der Waals surface area contributed by atoms with Gasteiger partial charge in [0, 0.05) is 17.1 Å². The summed E-state index contributed by atoms with van der Waals surface area (Å²) in [6.07, 6.45) is 2.91. The Morgan fingerprint density at radius 1 is 1.00 bits per heavy atom. The molecule has 8 heteroatoms. The molecule has 4 rings (SSSR count). The van der Waals surface area contributed by atoms with E-state index in [0.717, 1.165) is 5.56 Å². The summed E-state index contributed by atoms with van der Waals surface area (Å²) in [5.74, 6) is 0. The van der Waals surface area contributed by atoms with Crippen molar-refractivity contribution < 1.29 is 8.42 Å². The fourth-order valence-electron chi connectivity index (χ4n) is 2.90. The molecule has 27 heavy (non-hydrogen) atoms. The molecule has 0 aliphatic heterocycles. The maximum absolute atomic E-state index is 13.2. The van der Waals surface area contributed by atoms with E-state index in [9.17, 15) is 8.42 Å². The van der Waals surface area contributed by atoms with Gasteiger partial charge in [-0.05, 0) is 36.7 Å². The van der Waals surface area contributed by atoms with E-state index in [1.54, 1.807) is 36.4 Å². The van der Waals surface area contributed by atoms with Gasteiger partial charge in [-0.25, -0.2) is 22.4 Å². The largest absolute Gasteiger partial charge is 0.268 e. The number of hydrogen-bond donors (Lipinski definition) is 0. The van der Waals surface area contributed by atoms with Crippen molar-refractivity contribution in [3.8, 4) is 11.3 Å². The normalized spacial score (nSPS) is 11.8. The number of benzene rings is 2. The summed E-state index contributed by atoms with van der Waals surface area (Å²) in [4.78, 5) is 8.24. The first-order chi connectivity index (χ1) is 12.9. The van der Waals surface area contributed by atoms with Crippen LogP contribution in [0.4, 0.5) is 0 Å². The zero-order valence-electron chi connectivity index (χ0n) is 14.1. The van der Waals surface area contributed by atoms with Crippen LogP contribution in [-0.4, -0.2) is 22.4 Å². The molecule has 136 valence electrons. The summed E-state index contributed by atoms with van der Waals surface area (Å²) < 4.78 is 27.7. The van der Waals surface area contributed by atoms with E-state index in [1.807, 2.05) is 19.1 Å². The molecule has 0 bridgehead atoms. The quantitative estimate of drug-likeness (QED) is 0.442. The van der Waals surface area contributed by atoms with Gasteiger partial charge in [0.1, 0.15) is 0 Å². The van der Waals surface area contributed by atoms with E-state index in [0.29, 0.717) is 22.2 Å². The maximum Gasteiger partial charge on any atom is 0.268 e. The van der Waals surface area contributed by atoms with Crippen LogP contribution in [0.1, 0.15) is 5.56 Å². The molecular formula is C19H13Cl2N3O2S. The molecule has 0 fully saturated rings. The molecule has 5 nitrogen and oxygen atoms in total. The Labute approximate surface area is 166 Å². The highest BCUT2D eigenvalue weighted by atomic mass is 35.5. The van der Waals surface area contributed by atoms with Crippen molar-refractivity contribution in [3.05, 3.63) is 76.8 Å². The Hall–Kier alpha value is -2.41. The van der Waals surface area contributed by atoms with Crippen molar-refractivity contribution in [3.63, 3.8) is 0 Å². The van der Waals surface area contributed by atoms with Crippen LogP contribution in [0.25, 0.3) is 22.2 Å². The summed E-state index contributed by atoms with van der Waals surface area (Å²) in [6.45, 7) is 1.90. The summed E-state index contributed by atoms with van der Waals surface area (Å²) >= 11 is 12.2. The second kappa shape index (κ2) is 6.64. The van der Waals surface area contributed by atoms with Crippen LogP contribution in [0.5, 0.6) is 0 Å². The average Bonchev–Trinajstić information content (AvgIpc) is 3.04. The lowest BCUT2D eigenvalue weighted by Crippen LogP contribution is -2.11. The van der Waals surface area contributed by atoms with Gasteiger partial charge in [-0.3, -0.25) is 0 Å². The monoisotopic (exact) mass is 417 g/mol. The number of nitrogens with zero attached hydrogens (tertiary/aromatic N) is 3. The molecule has 0 radical (unpaired) electrons. The van der Waals surface area contributed by atoms with E-state index >= 15 is 0 Å². The molecule has 0 atom stereocenters. The molecular weight excluding hydrogens is 405 g/mol. The Bertz CT molecular complexity index is 1270. The lowest BCUT2D eigenvalue weighted by atomic mass is 10.1. The Morgan fingerprint density at radius 2 is 1.70 bits per heavy atom. The van der Waals surface area contributed by atoms with Crippen LogP contribution in [0, 0.1) is 6.92 Å². The van der Waals surface area contributed by atoms with Crippen LogP contribution < -0.4 is 0 Å². The Balaban J connectivity index is 2.01. The van der Waals surface area contributed by atoms with E-state index in [1.165, 1.54) is 16.4 Å². The van der Waals surface area contributed by atoms with Gasteiger partial charge >= 0.3 is 0 Å². The summed E-state index contributed by atoms with van der Waals surface area (Å²) in [5, 5.41) is 1.02. The molecule has 0 aliphatic carbocycles. The highest BCUT2D eigenvalue weighted by molar-refractivity contribution is 7.90.